The molecule has 0 spiro atoms. The maximum absolute atomic E-state index is 13.6. The van der Waals surface area contributed by atoms with E-state index in [-0.39, 0.29) is 35.4 Å². The van der Waals surface area contributed by atoms with Crippen LogP contribution in [-0.4, -0.2) is 37.1 Å². The lowest BCUT2D eigenvalue weighted by Crippen LogP contribution is -2.48. The number of amides is 2. The second-order valence-electron chi connectivity index (χ2n) is 7.83. The van der Waals surface area contributed by atoms with E-state index < -0.39 is 22.0 Å². The van der Waals surface area contributed by atoms with Crippen molar-refractivity contribution in [2.24, 2.45) is 0 Å². The minimum absolute atomic E-state index is 0.0110. The first-order valence-corrected chi connectivity index (χ1v) is 12.6. The quantitative estimate of drug-likeness (QED) is 0.484. The fraction of sp³-hybridized carbons (Fsp3) is 0.304. The molecule has 0 saturated carbocycles. The molecule has 0 aliphatic carbocycles. The number of sulfonamides is 1. The third-order valence-corrected chi connectivity index (χ3v) is 7.60. The Kier molecular flexibility index (Phi) is 7.40. The van der Waals surface area contributed by atoms with Crippen molar-refractivity contribution in [3.05, 3.63) is 77.1 Å². The van der Waals surface area contributed by atoms with Crippen molar-refractivity contribution in [1.29, 1.82) is 0 Å². The molecule has 4 rings (SSSR count). The van der Waals surface area contributed by atoms with Gasteiger partial charge in [-0.3, -0.25) is 9.59 Å². The average molecular weight is 506 g/mol. The molecule has 1 aromatic carbocycles. The lowest BCUT2D eigenvalue weighted by molar-refractivity contribution is -0.124. The van der Waals surface area contributed by atoms with Crippen molar-refractivity contribution in [1.82, 2.24) is 14.9 Å². The van der Waals surface area contributed by atoms with Gasteiger partial charge >= 0.3 is 0 Å². The van der Waals surface area contributed by atoms with Crippen LogP contribution in [0.5, 0.6) is 0 Å². The molecule has 1 aliphatic heterocycles. The zero-order valence-electron chi connectivity index (χ0n) is 18.2. The van der Waals surface area contributed by atoms with Gasteiger partial charge in [-0.15, -0.1) is 0 Å². The van der Waals surface area contributed by atoms with Gasteiger partial charge in [0.2, 0.25) is 15.9 Å². The molecule has 2 aromatic heterocycles. The summed E-state index contributed by atoms with van der Waals surface area (Å²) >= 11 is 5.92. The number of rotatable bonds is 8. The number of nitrogens with one attached hydrogen (secondary N) is 2. The predicted molar refractivity (Wildman–Crippen MR) is 123 cm³/mol. The number of benzene rings is 1. The van der Waals surface area contributed by atoms with Gasteiger partial charge in [-0.2, -0.15) is 4.31 Å². The first-order valence-electron chi connectivity index (χ1n) is 10.8. The van der Waals surface area contributed by atoms with Crippen LogP contribution in [-0.2, 0) is 27.9 Å². The number of carbonyl (C=O) groups is 2. The fourth-order valence-electron chi connectivity index (χ4n) is 3.71. The minimum Gasteiger partial charge on any atom is -0.467 e. The van der Waals surface area contributed by atoms with E-state index in [1.165, 1.54) is 42.7 Å². The van der Waals surface area contributed by atoms with Crippen molar-refractivity contribution in [2.75, 3.05) is 6.54 Å². The highest BCUT2D eigenvalue weighted by Gasteiger charge is 2.37. The van der Waals surface area contributed by atoms with E-state index >= 15 is 0 Å². The summed E-state index contributed by atoms with van der Waals surface area (Å²) in [5, 5.41) is 5.85. The Bertz CT molecular complexity index is 1240. The maximum Gasteiger partial charge on any atom is 0.287 e. The van der Waals surface area contributed by atoms with E-state index in [9.17, 15) is 18.0 Å². The van der Waals surface area contributed by atoms with Gasteiger partial charge in [0.15, 0.2) is 5.76 Å². The number of carbonyl (C=O) groups excluding carboxylic acids is 2. The Morgan fingerprint density at radius 3 is 2.65 bits per heavy atom. The Hall–Kier alpha value is -3.08. The average Bonchev–Trinajstić information content (AvgIpc) is 3.47. The van der Waals surface area contributed by atoms with Gasteiger partial charge in [0.25, 0.3) is 5.91 Å². The highest BCUT2D eigenvalue weighted by atomic mass is 35.5. The highest BCUT2D eigenvalue weighted by Crippen LogP contribution is 2.26. The van der Waals surface area contributed by atoms with E-state index in [0.29, 0.717) is 30.2 Å². The third kappa shape index (κ3) is 5.52. The molecule has 1 atom stereocenters. The van der Waals surface area contributed by atoms with Gasteiger partial charge < -0.3 is 19.5 Å². The van der Waals surface area contributed by atoms with E-state index in [2.05, 4.69) is 10.6 Å². The maximum atomic E-state index is 13.6. The second kappa shape index (κ2) is 10.5. The summed E-state index contributed by atoms with van der Waals surface area (Å²) in [6.07, 6.45) is 3.33. The van der Waals surface area contributed by atoms with Crippen molar-refractivity contribution in [3.8, 4) is 0 Å². The summed E-state index contributed by atoms with van der Waals surface area (Å²) in [5.74, 6) is 0.00756. The Balaban J connectivity index is 1.58. The summed E-state index contributed by atoms with van der Waals surface area (Å²) in [5.41, 5.74) is 0. The number of nitrogens with zero attached hydrogens (tertiary/aromatic N) is 1. The molecule has 3 aromatic rings. The molecule has 11 heteroatoms. The van der Waals surface area contributed by atoms with Crippen LogP contribution >= 0.6 is 11.6 Å². The van der Waals surface area contributed by atoms with E-state index in [4.69, 9.17) is 20.4 Å². The van der Waals surface area contributed by atoms with Crippen LogP contribution in [0.25, 0.3) is 0 Å². The third-order valence-electron chi connectivity index (χ3n) is 5.47. The van der Waals surface area contributed by atoms with Gasteiger partial charge in [-0.05, 0) is 67.8 Å². The number of hydrogen-bond acceptors (Lipinski definition) is 6. The smallest absolute Gasteiger partial charge is 0.287 e. The number of halogens is 1. The molecule has 2 N–H and O–H groups in total. The Morgan fingerprint density at radius 2 is 1.91 bits per heavy atom. The van der Waals surface area contributed by atoms with Crippen molar-refractivity contribution in [3.63, 3.8) is 0 Å². The van der Waals surface area contributed by atoms with Gasteiger partial charge in [-0.25, -0.2) is 8.42 Å². The first kappa shape index (κ1) is 24.1. The molecular formula is C23H24ClN3O6S. The van der Waals surface area contributed by atoms with Gasteiger partial charge in [0.05, 0.1) is 24.2 Å². The molecule has 1 aliphatic rings. The minimum atomic E-state index is -4.07. The molecule has 0 unspecified atom stereocenters. The fourth-order valence-corrected chi connectivity index (χ4v) is 5.42. The molecule has 1 fully saturated rings. The summed E-state index contributed by atoms with van der Waals surface area (Å²) in [7, 11) is -4.07. The van der Waals surface area contributed by atoms with E-state index in [1.54, 1.807) is 12.1 Å². The summed E-state index contributed by atoms with van der Waals surface area (Å²) < 4.78 is 39.1. The van der Waals surface area contributed by atoms with Gasteiger partial charge in [0, 0.05) is 11.6 Å². The second-order valence-corrected chi connectivity index (χ2v) is 10.2. The molecule has 0 bridgehead atoms. The van der Waals surface area contributed by atoms with Crippen molar-refractivity contribution < 1.29 is 26.8 Å². The zero-order valence-corrected chi connectivity index (χ0v) is 19.8. The molecule has 2 amide bonds. The standard InChI is InChI=1S/C23H24ClN3O6S/c24-16-6-9-19(10-7-16)34(30,31)27(20-5-1-2-12-25-22(20)28)15-18-8-11-21(33-18)23(29)26-14-17-4-3-13-32-17/h3-4,6-11,13,20H,1-2,5,12,14-15H2,(H,25,28)(H,26,29)/t20-/m1/s1. The Morgan fingerprint density at radius 1 is 1.12 bits per heavy atom. The van der Waals surface area contributed by atoms with Crippen molar-refractivity contribution in [2.45, 2.75) is 43.3 Å². The lowest BCUT2D eigenvalue weighted by Gasteiger charge is -2.28. The molecule has 9 nitrogen and oxygen atoms in total. The molecule has 1 saturated heterocycles. The molecule has 0 radical (unpaired) electrons. The number of hydrogen-bond donors (Lipinski definition) is 2. The van der Waals surface area contributed by atoms with Gasteiger partial charge in [0.1, 0.15) is 17.6 Å². The summed E-state index contributed by atoms with van der Waals surface area (Å²) in [6.45, 7) is 0.459. The summed E-state index contributed by atoms with van der Waals surface area (Å²) in [6, 6.07) is 11.3. The predicted octanol–water partition coefficient (Wildman–Crippen LogP) is 3.32. The van der Waals surface area contributed by atoms with Crippen LogP contribution in [0.3, 0.4) is 0 Å². The van der Waals surface area contributed by atoms with Crippen LogP contribution in [0.4, 0.5) is 0 Å². The Labute approximate surface area is 202 Å². The van der Waals surface area contributed by atoms with E-state index in [1.807, 2.05) is 0 Å². The molecule has 180 valence electrons. The van der Waals surface area contributed by atoms with Gasteiger partial charge in [-0.1, -0.05) is 11.6 Å². The van der Waals surface area contributed by atoms with Crippen molar-refractivity contribution >= 4 is 33.4 Å². The molecular weight excluding hydrogens is 482 g/mol. The zero-order chi connectivity index (χ0) is 24.1. The van der Waals surface area contributed by atoms with E-state index in [0.717, 1.165) is 10.7 Å². The van der Waals surface area contributed by atoms with Crippen LogP contribution in [0.1, 0.15) is 41.3 Å². The SMILES string of the molecule is O=C(NCc1ccco1)c1ccc(CN([C@@H]2CCCCNC2=O)S(=O)(=O)c2ccc(Cl)cc2)o1. The normalized spacial score (nSPS) is 16.8. The van der Waals surface area contributed by atoms with Crippen LogP contribution in [0.2, 0.25) is 5.02 Å². The lowest BCUT2D eigenvalue weighted by atomic mass is 10.1. The molecule has 3 heterocycles. The van der Waals surface area contributed by atoms with Crippen LogP contribution in [0.15, 0.2) is 68.5 Å². The molecule has 34 heavy (non-hydrogen) atoms. The summed E-state index contributed by atoms with van der Waals surface area (Å²) in [4.78, 5) is 25.2. The topological polar surface area (TPSA) is 122 Å². The number of furan rings is 2. The highest BCUT2D eigenvalue weighted by molar-refractivity contribution is 7.89. The monoisotopic (exact) mass is 505 g/mol. The first-order chi connectivity index (χ1) is 16.3. The van der Waals surface area contributed by atoms with Crippen LogP contribution in [0, 0.1) is 0 Å². The largest absolute Gasteiger partial charge is 0.467 e. The van der Waals surface area contributed by atoms with Crippen LogP contribution < -0.4 is 10.6 Å².